The highest BCUT2D eigenvalue weighted by atomic mass is 19.1. The number of nitrogens with one attached hydrogen (secondary N) is 2. The Morgan fingerprint density at radius 2 is 1.86 bits per heavy atom. The zero-order chi connectivity index (χ0) is 20.4. The summed E-state index contributed by atoms with van der Waals surface area (Å²) >= 11 is 0. The summed E-state index contributed by atoms with van der Waals surface area (Å²) in [4.78, 5) is 17.1. The van der Waals surface area contributed by atoms with Gasteiger partial charge in [-0.2, -0.15) is 0 Å². The highest BCUT2D eigenvalue weighted by Gasteiger charge is 2.27. The number of fused-ring (bicyclic) bond motifs is 1. The fourth-order valence-corrected chi connectivity index (χ4v) is 3.95. The molecule has 1 unspecified atom stereocenters. The highest BCUT2D eigenvalue weighted by Crippen LogP contribution is 2.33. The second-order valence-electron chi connectivity index (χ2n) is 7.65. The molecule has 5 nitrogen and oxygen atoms in total. The average molecular weight is 394 g/mol. The van der Waals surface area contributed by atoms with Crippen LogP contribution in [0.5, 0.6) is 0 Å². The summed E-state index contributed by atoms with van der Waals surface area (Å²) < 4.78 is 14.1. The summed E-state index contributed by atoms with van der Waals surface area (Å²) in [6.45, 7) is 8.75. The minimum atomic E-state index is -0.402. The van der Waals surface area contributed by atoms with Gasteiger partial charge in [-0.3, -0.25) is 9.69 Å². The van der Waals surface area contributed by atoms with Gasteiger partial charge in [-0.15, -0.1) is 0 Å². The van der Waals surface area contributed by atoms with Crippen molar-refractivity contribution in [3.63, 3.8) is 0 Å². The standard InChI is InChI=1S/C23H27FN4O/c1-3-16(2)27-11-13-28(14-12-27)18-9-7-17(8-10-18)25-15-19-22-20(24)5-4-6-21(22)26-23(19)29/h4-10,15-16,25H,3,11-14H2,1-2H3,(H,26,29)/b19-15+. The maximum absolute atomic E-state index is 14.1. The van der Waals surface area contributed by atoms with Gasteiger partial charge in [0.05, 0.1) is 11.3 Å². The van der Waals surface area contributed by atoms with Crippen molar-refractivity contribution in [3.8, 4) is 0 Å². The molecule has 0 saturated carbocycles. The van der Waals surface area contributed by atoms with Crippen LogP contribution >= 0.6 is 0 Å². The molecule has 2 N–H and O–H groups in total. The number of hydrogen-bond acceptors (Lipinski definition) is 4. The second-order valence-corrected chi connectivity index (χ2v) is 7.65. The van der Waals surface area contributed by atoms with Gasteiger partial charge >= 0.3 is 0 Å². The maximum Gasteiger partial charge on any atom is 0.257 e. The molecule has 2 heterocycles. The number of anilines is 3. The number of nitrogens with zero attached hydrogens (tertiary/aromatic N) is 2. The van der Waals surface area contributed by atoms with Crippen LogP contribution in [0.2, 0.25) is 0 Å². The number of rotatable bonds is 5. The quantitative estimate of drug-likeness (QED) is 0.748. The summed E-state index contributed by atoms with van der Waals surface area (Å²) in [5.74, 6) is -0.700. The lowest BCUT2D eigenvalue weighted by molar-refractivity contribution is -0.110. The molecule has 0 radical (unpaired) electrons. The Kier molecular flexibility index (Phi) is 5.53. The molecular formula is C23H27FN4O. The summed E-state index contributed by atoms with van der Waals surface area (Å²) in [7, 11) is 0. The van der Waals surface area contributed by atoms with Crippen molar-refractivity contribution in [3.05, 3.63) is 60.0 Å². The van der Waals surface area contributed by atoms with E-state index in [1.54, 1.807) is 18.3 Å². The third-order valence-corrected chi connectivity index (χ3v) is 5.92. The van der Waals surface area contributed by atoms with Crippen LogP contribution in [-0.2, 0) is 4.79 Å². The van der Waals surface area contributed by atoms with Crippen LogP contribution < -0.4 is 15.5 Å². The average Bonchev–Trinajstić information content (AvgIpc) is 3.08. The molecule has 1 amide bonds. The van der Waals surface area contributed by atoms with E-state index in [-0.39, 0.29) is 5.91 Å². The van der Waals surface area contributed by atoms with Crippen molar-refractivity contribution in [2.45, 2.75) is 26.3 Å². The van der Waals surface area contributed by atoms with Crippen LogP contribution in [-0.4, -0.2) is 43.0 Å². The van der Waals surface area contributed by atoms with Crippen LogP contribution in [0.4, 0.5) is 21.5 Å². The summed E-state index contributed by atoms with van der Waals surface area (Å²) in [6.07, 6.45) is 2.76. The molecule has 1 atom stereocenters. The van der Waals surface area contributed by atoms with Gasteiger partial charge in [0.25, 0.3) is 5.91 Å². The maximum atomic E-state index is 14.1. The Balaban J connectivity index is 1.41. The van der Waals surface area contributed by atoms with Crippen LogP contribution in [0, 0.1) is 5.82 Å². The van der Waals surface area contributed by atoms with Gasteiger partial charge in [0.15, 0.2) is 0 Å². The number of halogens is 1. The molecule has 2 aliphatic heterocycles. The Morgan fingerprint density at radius 1 is 1.14 bits per heavy atom. The smallest absolute Gasteiger partial charge is 0.257 e. The second kappa shape index (κ2) is 8.25. The Bertz CT molecular complexity index is 917. The van der Waals surface area contributed by atoms with Gasteiger partial charge in [-0.1, -0.05) is 13.0 Å². The molecule has 4 rings (SSSR count). The SMILES string of the molecule is CCC(C)N1CCN(c2ccc(N/C=C3/C(=O)Nc4cccc(F)c43)cc2)CC1. The lowest BCUT2D eigenvalue weighted by atomic mass is 10.1. The first-order valence-electron chi connectivity index (χ1n) is 10.2. The summed E-state index contributed by atoms with van der Waals surface area (Å²) in [6, 6.07) is 13.4. The van der Waals surface area contributed by atoms with Gasteiger partial charge in [0, 0.05) is 55.4 Å². The monoisotopic (exact) mass is 394 g/mol. The van der Waals surface area contributed by atoms with Crippen LogP contribution in [0.25, 0.3) is 5.57 Å². The molecule has 1 saturated heterocycles. The molecule has 0 bridgehead atoms. The van der Waals surface area contributed by atoms with Crippen LogP contribution in [0.15, 0.2) is 48.7 Å². The number of piperazine rings is 1. The van der Waals surface area contributed by atoms with E-state index >= 15 is 0 Å². The van der Waals surface area contributed by atoms with Gasteiger partial charge < -0.3 is 15.5 Å². The first-order valence-corrected chi connectivity index (χ1v) is 10.2. The third-order valence-electron chi connectivity index (χ3n) is 5.92. The van der Waals surface area contributed by atoms with Gasteiger partial charge in [0.1, 0.15) is 5.82 Å². The predicted molar refractivity (Wildman–Crippen MR) is 117 cm³/mol. The van der Waals surface area contributed by atoms with Gasteiger partial charge in [-0.25, -0.2) is 4.39 Å². The fraction of sp³-hybridized carbons (Fsp3) is 0.348. The van der Waals surface area contributed by atoms with E-state index in [0.717, 1.165) is 31.9 Å². The number of carbonyl (C=O) groups is 1. The van der Waals surface area contributed by atoms with E-state index < -0.39 is 5.82 Å². The first-order chi connectivity index (χ1) is 14.1. The number of carbonyl (C=O) groups excluding carboxylic acids is 1. The van der Waals surface area contributed by atoms with Crippen LogP contribution in [0.3, 0.4) is 0 Å². The molecule has 0 aliphatic carbocycles. The summed E-state index contributed by atoms with van der Waals surface area (Å²) in [5.41, 5.74) is 3.19. The molecule has 2 aromatic carbocycles. The van der Waals surface area contributed by atoms with E-state index in [9.17, 15) is 9.18 Å². The van der Waals surface area contributed by atoms with E-state index in [1.165, 1.54) is 18.2 Å². The molecule has 0 aromatic heterocycles. The van der Waals surface area contributed by atoms with Gasteiger partial charge in [0.2, 0.25) is 0 Å². The fourth-order valence-electron chi connectivity index (χ4n) is 3.95. The molecule has 152 valence electrons. The minimum absolute atomic E-state index is 0.298. The number of benzene rings is 2. The molecule has 29 heavy (non-hydrogen) atoms. The Labute approximate surface area is 171 Å². The predicted octanol–water partition coefficient (Wildman–Crippen LogP) is 4.15. The minimum Gasteiger partial charge on any atom is -0.369 e. The van der Waals surface area contributed by atoms with E-state index in [0.29, 0.717) is 22.9 Å². The zero-order valence-corrected chi connectivity index (χ0v) is 16.9. The van der Waals surface area contributed by atoms with Crippen molar-refractivity contribution >= 4 is 28.5 Å². The molecule has 2 aliphatic rings. The summed E-state index contributed by atoms with van der Waals surface area (Å²) in [5, 5.41) is 5.82. The zero-order valence-electron chi connectivity index (χ0n) is 16.9. The van der Waals surface area contributed by atoms with Crippen molar-refractivity contribution in [2.24, 2.45) is 0 Å². The van der Waals surface area contributed by atoms with E-state index in [4.69, 9.17) is 0 Å². The van der Waals surface area contributed by atoms with Crippen molar-refractivity contribution in [1.29, 1.82) is 0 Å². The molecule has 6 heteroatoms. The van der Waals surface area contributed by atoms with E-state index in [1.807, 2.05) is 12.1 Å². The van der Waals surface area contributed by atoms with E-state index in [2.05, 4.69) is 46.4 Å². The molecular weight excluding hydrogens is 367 g/mol. The molecule has 0 spiro atoms. The molecule has 1 fully saturated rings. The largest absolute Gasteiger partial charge is 0.369 e. The number of hydrogen-bond donors (Lipinski definition) is 2. The Morgan fingerprint density at radius 3 is 2.55 bits per heavy atom. The third kappa shape index (κ3) is 3.98. The van der Waals surface area contributed by atoms with Crippen molar-refractivity contribution in [2.75, 3.05) is 41.7 Å². The van der Waals surface area contributed by atoms with Crippen LogP contribution in [0.1, 0.15) is 25.8 Å². The Hall–Kier alpha value is -2.86. The topological polar surface area (TPSA) is 47.6 Å². The molecule has 2 aromatic rings. The van der Waals surface area contributed by atoms with Crippen molar-refractivity contribution < 1.29 is 9.18 Å². The van der Waals surface area contributed by atoms with Gasteiger partial charge in [-0.05, 0) is 49.7 Å². The lowest BCUT2D eigenvalue weighted by Crippen LogP contribution is -2.49. The lowest BCUT2D eigenvalue weighted by Gasteiger charge is -2.39. The van der Waals surface area contributed by atoms with Crippen molar-refractivity contribution in [1.82, 2.24) is 4.90 Å². The number of amides is 1. The highest BCUT2D eigenvalue weighted by molar-refractivity contribution is 6.31. The first kappa shape index (κ1) is 19.5. The normalized spacial score (nSPS) is 19.2.